The number of nitrogens with zero attached hydrogens (tertiary/aromatic N) is 1. The zero-order valence-corrected chi connectivity index (χ0v) is 12.9. The molecule has 0 aliphatic carbocycles. The first-order valence-electron chi connectivity index (χ1n) is 6.63. The van der Waals surface area contributed by atoms with Crippen molar-refractivity contribution in [3.05, 3.63) is 77.1 Å². The van der Waals surface area contributed by atoms with Gasteiger partial charge < -0.3 is 0 Å². The Morgan fingerprint density at radius 1 is 1.05 bits per heavy atom. The van der Waals surface area contributed by atoms with Crippen molar-refractivity contribution in [2.45, 2.75) is 30.0 Å². The maximum Gasteiger partial charge on any atom is 0.334 e. The minimum Gasteiger partial charge on any atom is -0.293 e. The van der Waals surface area contributed by atoms with Gasteiger partial charge in [-0.2, -0.15) is 0 Å². The molecular weight excluding hydrogens is 282 g/mol. The van der Waals surface area contributed by atoms with E-state index >= 15 is 0 Å². The fraction of sp³-hybridized carbons (Fsp3) is 0.235. The highest BCUT2D eigenvalue weighted by atomic mass is 32.2. The molecule has 0 fully saturated rings. The molecular formula is C17H17NO2S. The lowest BCUT2D eigenvalue weighted by atomic mass is 10.1. The quantitative estimate of drug-likeness (QED) is 0.808. The molecule has 0 spiro atoms. The van der Waals surface area contributed by atoms with Crippen LogP contribution in [0.3, 0.4) is 0 Å². The summed E-state index contributed by atoms with van der Waals surface area (Å²) in [6.07, 6.45) is 0.174. The van der Waals surface area contributed by atoms with Crippen LogP contribution in [0.25, 0.3) is 4.85 Å². The van der Waals surface area contributed by atoms with Crippen LogP contribution in [0, 0.1) is 13.5 Å². The van der Waals surface area contributed by atoms with Gasteiger partial charge in [0.15, 0.2) is 0 Å². The third kappa shape index (κ3) is 2.98. The van der Waals surface area contributed by atoms with Crippen LogP contribution in [0.4, 0.5) is 0 Å². The van der Waals surface area contributed by atoms with Gasteiger partial charge in [0.2, 0.25) is 0 Å². The number of aryl methyl sites for hydroxylation is 1. The highest BCUT2D eigenvalue weighted by molar-refractivity contribution is 7.93. The van der Waals surface area contributed by atoms with Crippen molar-refractivity contribution in [1.29, 1.82) is 0 Å². The number of hydrogen-bond donors (Lipinski definition) is 0. The molecule has 2 aromatic carbocycles. The maximum atomic E-state index is 12.8. The first-order valence-corrected chi connectivity index (χ1v) is 8.11. The summed E-state index contributed by atoms with van der Waals surface area (Å²) in [5.74, 6) is 0. The second-order valence-corrected chi connectivity index (χ2v) is 7.62. The van der Waals surface area contributed by atoms with E-state index in [0.29, 0.717) is 0 Å². The number of benzene rings is 2. The molecule has 2 aromatic rings. The predicted octanol–water partition coefficient (Wildman–Crippen LogP) is 3.65. The first kappa shape index (κ1) is 15.3. The van der Waals surface area contributed by atoms with Crippen molar-refractivity contribution in [1.82, 2.24) is 0 Å². The summed E-state index contributed by atoms with van der Waals surface area (Å²) >= 11 is 0. The molecule has 4 heteroatoms. The standard InChI is InChI=1S/C17H17NO2S/c1-14-9-11-16(12-10-14)21(19,20)17(2,18-3)13-15-7-5-4-6-8-15/h4-12H,13H2,1-2H3. The fourth-order valence-electron chi connectivity index (χ4n) is 2.14. The monoisotopic (exact) mass is 299 g/mol. The highest BCUT2D eigenvalue weighted by Gasteiger charge is 2.46. The van der Waals surface area contributed by atoms with Gasteiger partial charge in [0.25, 0.3) is 9.84 Å². The topological polar surface area (TPSA) is 38.5 Å². The Morgan fingerprint density at radius 3 is 2.14 bits per heavy atom. The van der Waals surface area contributed by atoms with E-state index in [2.05, 4.69) is 4.85 Å². The summed E-state index contributed by atoms with van der Waals surface area (Å²) < 4.78 is 25.6. The van der Waals surface area contributed by atoms with Crippen molar-refractivity contribution >= 4 is 9.84 Å². The van der Waals surface area contributed by atoms with Crippen molar-refractivity contribution in [3.8, 4) is 0 Å². The summed E-state index contributed by atoms with van der Waals surface area (Å²) in [6.45, 7) is 10.8. The summed E-state index contributed by atoms with van der Waals surface area (Å²) in [6, 6.07) is 15.9. The average molecular weight is 299 g/mol. The maximum absolute atomic E-state index is 12.8. The summed E-state index contributed by atoms with van der Waals surface area (Å²) in [5.41, 5.74) is 1.83. The third-order valence-electron chi connectivity index (χ3n) is 3.52. The molecule has 1 unspecified atom stereocenters. The van der Waals surface area contributed by atoms with E-state index in [4.69, 9.17) is 6.57 Å². The molecule has 0 radical (unpaired) electrons. The highest BCUT2D eigenvalue weighted by Crippen LogP contribution is 2.30. The Hall–Kier alpha value is -2.12. The van der Waals surface area contributed by atoms with Crippen LogP contribution in [0.15, 0.2) is 59.5 Å². The molecule has 0 aromatic heterocycles. The van der Waals surface area contributed by atoms with Crippen LogP contribution < -0.4 is 0 Å². The van der Waals surface area contributed by atoms with Crippen LogP contribution in [0.1, 0.15) is 18.1 Å². The van der Waals surface area contributed by atoms with Crippen LogP contribution in [0.5, 0.6) is 0 Å². The molecule has 0 N–H and O–H groups in total. The van der Waals surface area contributed by atoms with Gasteiger partial charge in [-0.15, -0.1) is 0 Å². The average Bonchev–Trinajstić information content (AvgIpc) is 2.48. The van der Waals surface area contributed by atoms with Crippen molar-refractivity contribution < 1.29 is 8.42 Å². The van der Waals surface area contributed by atoms with E-state index in [1.807, 2.05) is 37.3 Å². The lowest BCUT2D eigenvalue weighted by Gasteiger charge is -2.18. The molecule has 2 rings (SSSR count). The van der Waals surface area contributed by atoms with Crippen molar-refractivity contribution in [2.24, 2.45) is 0 Å². The minimum absolute atomic E-state index is 0.174. The van der Waals surface area contributed by atoms with E-state index < -0.39 is 14.7 Å². The molecule has 21 heavy (non-hydrogen) atoms. The van der Waals surface area contributed by atoms with E-state index in [0.717, 1.165) is 11.1 Å². The summed E-state index contributed by atoms with van der Waals surface area (Å²) in [5, 5.41) is 0. The van der Waals surface area contributed by atoms with E-state index in [-0.39, 0.29) is 11.3 Å². The fourth-order valence-corrected chi connectivity index (χ4v) is 3.62. The van der Waals surface area contributed by atoms with Gasteiger partial charge in [0, 0.05) is 6.92 Å². The molecule has 0 saturated carbocycles. The first-order chi connectivity index (χ1) is 9.89. The molecule has 3 nitrogen and oxygen atoms in total. The van der Waals surface area contributed by atoms with Gasteiger partial charge >= 0.3 is 4.87 Å². The van der Waals surface area contributed by atoms with Crippen molar-refractivity contribution in [3.63, 3.8) is 0 Å². The van der Waals surface area contributed by atoms with Crippen LogP contribution in [0.2, 0.25) is 0 Å². The Bertz CT molecular complexity index is 759. The largest absolute Gasteiger partial charge is 0.334 e. The Balaban J connectivity index is 2.44. The Morgan fingerprint density at radius 2 is 1.62 bits per heavy atom. The lowest BCUT2D eigenvalue weighted by Crippen LogP contribution is -2.34. The van der Waals surface area contributed by atoms with E-state index in [1.165, 1.54) is 6.92 Å². The Labute approximate surface area is 126 Å². The van der Waals surface area contributed by atoms with E-state index in [1.54, 1.807) is 24.3 Å². The molecule has 0 aliphatic heterocycles. The molecule has 0 saturated heterocycles. The van der Waals surface area contributed by atoms with Gasteiger partial charge in [-0.05, 0) is 24.6 Å². The molecule has 0 aliphatic rings. The summed E-state index contributed by atoms with van der Waals surface area (Å²) in [7, 11) is -3.72. The van der Waals surface area contributed by atoms with Crippen LogP contribution in [-0.4, -0.2) is 13.3 Å². The number of rotatable bonds is 4. The Kier molecular flexibility index (Phi) is 4.15. The zero-order chi connectivity index (χ0) is 15.5. The third-order valence-corrected chi connectivity index (χ3v) is 5.81. The zero-order valence-electron chi connectivity index (χ0n) is 12.1. The molecule has 0 bridgehead atoms. The molecule has 108 valence electrons. The second kappa shape index (κ2) is 5.71. The second-order valence-electron chi connectivity index (χ2n) is 5.27. The summed E-state index contributed by atoms with van der Waals surface area (Å²) in [4.78, 5) is 2.15. The van der Waals surface area contributed by atoms with Crippen LogP contribution in [-0.2, 0) is 16.3 Å². The molecule has 0 heterocycles. The van der Waals surface area contributed by atoms with Crippen LogP contribution >= 0.6 is 0 Å². The predicted molar refractivity (Wildman–Crippen MR) is 83.5 cm³/mol. The van der Waals surface area contributed by atoms with Gasteiger partial charge in [0.05, 0.1) is 11.3 Å². The molecule has 0 amide bonds. The van der Waals surface area contributed by atoms with Gasteiger partial charge in [-0.25, -0.2) is 15.0 Å². The van der Waals surface area contributed by atoms with Crippen molar-refractivity contribution in [2.75, 3.05) is 0 Å². The lowest BCUT2D eigenvalue weighted by molar-refractivity contribution is 0.560. The minimum atomic E-state index is -3.72. The smallest absolute Gasteiger partial charge is 0.293 e. The SMILES string of the molecule is [C-]#[N+]C(C)(Cc1ccccc1)S(=O)(=O)c1ccc(C)cc1. The number of sulfone groups is 1. The van der Waals surface area contributed by atoms with Gasteiger partial charge in [0.1, 0.15) is 0 Å². The van der Waals surface area contributed by atoms with Gasteiger partial charge in [-0.3, -0.25) is 4.85 Å². The normalized spacial score (nSPS) is 14.1. The van der Waals surface area contributed by atoms with E-state index in [9.17, 15) is 8.42 Å². The molecule has 1 atom stereocenters. The van der Waals surface area contributed by atoms with Gasteiger partial charge in [-0.1, -0.05) is 48.0 Å². The number of hydrogen-bond acceptors (Lipinski definition) is 2.